The number of carbonyl (C=O) groups excluding carboxylic acids is 2. The first-order valence-corrected chi connectivity index (χ1v) is 9.37. The molecule has 0 saturated carbocycles. The number of amides is 2. The standard InChI is InChI=1S/C24H24N2O2/c1-2-21(22(25)27)26-23(28)24(18-12-6-3-7-13-18,19-14-8-4-9-15-19)20-16-10-5-11-17-20/h3-17,21H,2H2,1H3,(H2,25,27)(H,26,28)/t21-/m1/s1. The molecule has 0 aliphatic heterocycles. The largest absolute Gasteiger partial charge is 0.368 e. The van der Waals surface area contributed by atoms with Gasteiger partial charge >= 0.3 is 0 Å². The van der Waals surface area contributed by atoms with Gasteiger partial charge in [-0.15, -0.1) is 0 Å². The second-order valence-corrected chi connectivity index (χ2v) is 6.68. The smallest absolute Gasteiger partial charge is 0.240 e. The number of nitrogens with two attached hydrogens (primary N) is 1. The molecule has 0 radical (unpaired) electrons. The molecule has 2 amide bonds. The molecule has 3 N–H and O–H groups in total. The molecule has 0 saturated heterocycles. The Balaban J connectivity index is 2.28. The summed E-state index contributed by atoms with van der Waals surface area (Å²) >= 11 is 0. The van der Waals surface area contributed by atoms with Crippen LogP contribution in [0, 0.1) is 0 Å². The minimum absolute atomic E-state index is 0.276. The van der Waals surface area contributed by atoms with Crippen LogP contribution in [0.5, 0.6) is 0 Å². The topological polar surface area (TPSA) is 72.2 Å². The Morgan fingerprint density at radius 1 is 0.786 bits per heavy atom. The van der Waals surface area contributed by atoms with E-state index in [0.29, 0.717) is 6.42 Å². The summed E-state index contributed by atoms with van der Waals surface area (Å²) in [5.74, 6) is -0.819. The summed E-state index contributed by atoms with van der Waals surface area (Å²) in [7, 11) is 0. The zero-order valence-electron chi connectivity index (χ0n) is 15.8. The van der Waals surface area contributed by atoms with Crippen LogP contribution >= 0.6 is 0 Å². The third-order valence-corrected chi connectivity index (χ3v) is 5.02. The highest BCUT2D eigenvalue weighted by Gasteiger charge is 2.44. The van der Waals surface area contributed by atoms with Gasteiger partial charge in [-0.2, -0.15) is 0 Å². The summed E-state index contributed by atoms with van der Waals surface area (Å²) in [6.45, 7) is 1.82. The second kappa shape index (κ2) is 8.53. The third-order valence-electron chi connectivity index (χ3n) is 5.02. The molecule has 0 heterocycles. The van der Waals surface area contributed by atoms with Crippen molar-refractivity contribution in [1.29, 1.82) is 0 Å². The van der Waals surface area contributed by atoms with Crippen molar-refractivity contribution >= 4 is 11.8 Å². The fourth-order valence-electron chi connectivity index (χ4n) is 3.60. The molecule has 4 heteroatoms. The van der Waals surface area contributed by atoms with Crippen molar-refractivity contribution < 1.29 is 9.59 Å². The molecule has 0 aromatic heterocycles. The van der Waals surface area contributed by atoms with Gasteiger partial charge in [-0.05, 0) is 23.1 Å². The maximum atomic E-state index is 13.8. The third kappa shape index (κ3) is 3.54. The summed E-state index contributed by atoms with van der Waals surface area (Å²) in [5, 5.41) is 2.89. The molecule has 142 valence electrons. The van der Waals surface area contributed by atoms with E-state index >= 15 is 0 Å². The minimum Gasteiger partial charge on any atom is -0.368 e. The first kappa shape index (κ1) is 19.4. The van der Waals surface area contributed by atoms with Crippen molar-refractivity contribution in [3.63, 3.8) is 0 Å². The van der Waals surface area contributed by atoms with Crippen LogP contribution < -0.4 is 11.1 Å². The molecule has 0 fully saturated rings. The Morgan fingerprint density at radius 2 is 1.14 bits per heavy atom. The van der Waals surface area contributed by atoms with Crippen molar-refractivity contribution in [3.8, 4) is 0 Å². The highest BCUT2D eigenvalue weighted by Crippen LogP contribution is 2.39. The molecule has 3 rings (SSSR count). The lowest BCUT2D eigenvalue weighted by Crippen LogP contribution is -2.53. The van der Waals surface area contributed by atoms with E-state index in [4.69, 9.17) is 5.73 Å². The van der Waals surface area contributed by atoms with Gasteiger partial charge < -0.3 is 11.1 Å². The Hall–Kier alpha value is -3.40. The number of primary amides is 1. The van der Waals surface area contributed by atoms with E-state index in [-0.39, 0.29) is 5.91 Å². The van der Waals surface area contributed by atoms with Crippen molar-refractivity contribution in [2.75, 3.05) is 0 Å². The van der Waals surface area contributed by atoms with E-state index in [1.54, 1.807) is 0 Å². The van der Waals surface area contributed by atoms with Crippen LogP contribution in [0.15, 0.2) is 91.0 Å². The maximum absolute atomic E-state index is 13.8. The fraction of sp³-hybridized carbons (Fsp3) is 0.167. The summed E-state index contributed by atoms with van der Waals surface area (Å²) in [6, 6.07) is 28.1. The molecule has 28 heavy (non-hydrogen) atoms. The van der Waals surface area contributed by atoms with E-state index in [2.05, 4.69) is 5.32 Å². The van der Waals surface area contributed by atoms with Crippen LogP contribution in [0.1, 0.15) is 30.0 Å². The van der Waals surface area contributed by atoms with Gasteiger partial charge in [0.15, 0.2) is 0 Å². The normalized spacial score (nSPS) is 12.2. The van der Waals surface area contributed by atoms with Crippen molar-refractivity contribution in [3.05, 3.63) is 108 Å². The van der Waals surface area contributed by atoms with Crippen molar-refractivity contribution in [2.45, 2.75) is 24.8 Å². The number of nitrogens with one attached hydrogen (secondary N) is 1. The lowest BCUT2D eigenvalue weighted by Gasteiger charge is -2.35. The van der Waals surface area contributed by atoms with Crippen LogP contribution in [0.3, 0.4) is 0 Å². The van der Waals surface area contributed by atoms with Crippen LogP contribution in [0.2, 0.25) is 0 Å². The predicted molar refractivity (Wildman–Crippen MR) is 111 cm³/mol. The Morgan fingerprint density at radius 3 is 1.43 bits per heavy atom. The molecule has 0 bridgehead atoms. The first-order valence-electron chi connectivity index (χ1n) is 9.37. The second-order valence-electron chi connectivity index (χ2n) is 6.68. The molecule has 1 atom stereocenters. The monoisotopic (exact) mass is 372 g/mol. The van der Waals surface area contributed by atoms with Gasteiger partial charge in [0.25, 0.3) is 0 Å². The van der Waals surface area contributed by atoms with Gasteiger partial charge in [0.05, 0.1) is 0 Å². The molecule has 0 aliphatic carbocycles. The number of benzene rings is 3. The maximum Gasteiger partial charge on any atom is 0.240 e. The van der Waals surface area contributed by atoms with E-state index in [0.717, 1.165) is 16.7 Å². The van der Waals surface area contributed by atoms with Crippen molar-refractivity contribution in [1.82, 2.24) is 5.32 Å². The molecular formula is C24H24N2O2. The number of carbonyl (C=O) groups is 2. The molecule has 0 spiro atoms. The van der Waals surface area contributed by atoms with E-state index in [1.807, 2.05) is 97.9 Å². The fourth-order valence-corrected chi connectivity index (χ4v) is 3.60. The van der Waals surface area contributed by atoms with E-state index in [9.17, 15) is 9.59 Å². The van der Waals surface area contributed by atoms with Gasteiger partial charge in [0.1, 0.15) is 11.5 Å². The van der Waals surface area contributed by atoms with Crippen LogP contribution in [-0.2, 0) is 15.0 Å². The van der Waals surface area contributed by atoms with Crippen LogP contribution in [0.25, 0.3) is 0 Å². The van der Waals surface area contributed by atoms with E-state index in [1.165, 1.54) is 0 Å². The molecular weight excluding hydrogens is 348 g/mol. The summed E-state index contributed by atoms with van der Waals surface area (Å²) in [6.07, 6.45) is 0.426. The average Bonchev–Trinajstić information content (AvgIpc) is 2.74. The van der Waals surface area contributed by atoms with Gasteiger partial charge in [-0.1, -0.05) is 97.9 Å². The SMILES string of the molecule is CC[C@@H](NC(=O)C(c1ccccc1)(c1ccccc1)c1ccccc1)C(N)=O. The molecule has 3 aromatic carbocycles. The zero-order chi connectivity index (χ0) is 20.0. The molecule has 3 aromatic rings. The minimum atomic E-state index is -1.10. The number of rotatable bonds is 7. The van der Waals surface area contributed by atoms with Gasteiger partial charge in [-0.25, -0.2) is 0 Å². The highest BCUT2D eigenvalue weighted by molar-refractivity contribution is 5.98. The number of hydrogen-bond acceptors (Lipinski definition) is 2. The Labute approximate surface area is 165 Å². The summed E-state index contributed by atoms with van der Waals surface area (Å²) < 4.78 is 0. The summed E-state index contributed by atoms with van der Waals surface area (Å²) in [5.41, 5.74) is 6.87. The van der Waals surface area contributed by atoms with Gasteiger partial charge in [0, 0.05) is 0 Å². The Bertz CT molecular complexity index is 828. The highest BCUT2D eigenvalue weighted by atomic mass is 16.2. The Kier molecular flexibility index (Phi) is 5.90. The van der Waals surface area contributed by atoms with Crippen molar-refractivity contribution in [2.24, 2.45) is 5.73 Å². The molecule has 0 aliphatic rings. The van der Waals surface area contributed by atoms with E-state index < -0.39 is 17.4 Å². The van der Waals surface area contributed by atoms with Gasteiger partial charge in [0.2, 0.25) is 11.8 Å². The zero-order valence-corrected chi connectivity index (χ0v) is 15.8. The van der Waals surface area contributed by atoms with Crippen LogP contribution in [-0.4, -0.2) is 17.9 Å². The van der Waals surface area contributed by atoms with Gasteiger partial charge in [-0.3, -0.25) is 9.59 Å². The number of hydrogen-bond donors (Lipinski definition) is 2. The van der Waals surface area contributed by atoms with Crippen LogP contribution in [0.4, 0.5) is 0 Å². The lowest BCUT2D eigenvalue weighted by molar-refractivity contribution is -0.129. The predicted octanol–water partition coefficient (Wildman–Crippen LogP) is 3.40. The quantitative estimate of drug-likeness (QED) is 0.624. The summed E-state index contributed by atoms with van der Waals surface area (Å²) in [4.78, 5) is 25.6. The lowest BCUT2D eigenvalue weighted by atomic mass is 9.68. The molecule has 4 nitrogen and oxygen atoms in total. The average molecular weight is 372 g/mol. The molecule has 0 unspecified atom stereocenters. The first-order chi connectivity index (χ1) is 13.6.